The summed E-state index contributed by atoms with van der Waals surface area (Å²) in [5.41, 5.74) is 8.60. The number of nitrogens with two attached hydrogens (primary N) is 1. The van der Waals surface area contributed by atoms with Gasteiger partial charge in [0.25, 0.3) is 6.43 Å². The van der Waals surface area contributed by atoms with Gasteiger partial charge in [-0.15, -0.1) is 0 Å². The van der Waals surface area contributed by atoms with Gasteiger partial charge >= 0.3 is 0 Å². The average Bonchev–Trinajstić information content (AvgIpc) is 3.23. The van der Waals surface area contributed by atoms with Crippen molar-refractivity contribution in [2.45, 2.75) is 26.1 Å². The zero-order chi connectivity index (χ0) is 20.7. The van der Waals surface area contributed by atoms with E-state index in [1.54, 1.807) is 41.8 Å². The number of imidazole rings is 2. The van der Waals surface area contributed by atoms with Crippen LogP contribution in [-0.4, -0.2) is 30.5 Å². The van der Waals surface area contributed by atoms with E-state index in [1.807, 2.05) is 0 Å². The number of rotatable bonds is 5. The van der Waals surface area contributed by atoms with Crippen molar-refractivity contribution >= 4 is 5.65 Å². The third-order valence-electron chi connectivity index (χ3n) is 4.71. The minimum Gasteiger partial charge on any atom is -0.373 e. The van der Waals surface area contributed by atoms with E-state index < -0.39 is 25.0 Å². The first-order valence-electron chi connectivity index (χ1n) is 8.87. The van der Waals surface area contributed by atoms with Gasteiger partial charge in [0, 0.05) is 17.3 Å². The number of hydrogen-bond acceptors (Lipinski definition) is 4. The average molecular weight is 401 g/mol. The van der Waals surface area contributed by atoms with E-state index in [4.69, 9.17) is 5.73 Å². The number of halogens is 3. The maximum absolute atomic E-state index is 13.4. The summed E-state index contributed by atoms with van der Waals surface area (Å²) in [6, 6.07) is 9.13. The summed E-state index contributed by atoms with van der Waals surface area (Å²) >= 11 is 0. The van der Waals surface area contributed by atoms with Crippen molar-refractivity contribution < 1.29 is 18.3 Å². The quantitative estimate of drug-likeness (QED) is 0.502. The molecule has 4 rings (SSSR count). The van der Waals surface area contributed by atoms with Crippen molar-refractivity contribution in [1.29, 1.82) is 0 Å². The molecule has 0 saturated carbocycles. The summed E-state index contributed by atoms with van der Waals surface area (Å²) in [5, 5.41) is 9.77. The number of nitrogens with zero attached hydrogens (tertiary/aromatic N) is 4. The first-order valence-corrected chi connectivity index (χ1v) is 8.87. The smallest absolute Gasteiger partial charge is 0.256 e. The van der Waals surface area contributed by atoms with Crippen LogP contribution in [0.15, 0.2) is 48.8 Å². The van der Waals surface area contributed by atoms with Crippen LogP contribution in [0.3, 0.4) is 0 Å². The van der Waals surface area contributed by atoms with Gasteiger partial charge in [-0.25, -0.2) is 23.1 Å². The molecule has 0 radical (unpaired) electrons. The van der Waals surface area contributed by atoms with Gasteiger partial charge in [0.05, 0.1) is 29.8 Å². The second kappa shape index (κ2) is 7.34. The standard InChI is InChI=1S/C20H18F3N5O/c1-11-26-18(12-2-5-14(21)6-3-12)19(27(11)10-16(22)23)13-4-7-17-25-8-15(20(24)29)28(17)9-13/h2-9,16,20,29H,10,24H2,1H3. The Morgan fingerprint density at radius 3 is 2.45 bits per heavy atom. The lowest BCUT2D eigenvalue weighted by Crippen LogP contribution is -2.12. The second-order valence-electron chi connectivity index (χ2n) is 6.64. The molecule has 0 aliphatic carbocycles. The van der Waals surface area contributed by atoms with Gasteiger partial charge in [-0.1, -0.05) is 0 Å². The van der Waals surface area contributed by atoms with Crippen LogP contribution in [0.5, 0.6) is 0 Å². The molecule has 0 spiro atoms. The largest absolute Gasteiger partial charge is 0.373 e. The van der Waals surface area contributed by atoms with E-state index >= 15 is 0 Å². The topological polar surface area (TPSA) is 81.4 Å². The fraction of sp³-hybridized carbons (Fsp3) is 0.200. The third-order valence-corrected chi connectivity index (χ3v) is 4.71. The molecule has 1 aromatic carbocycles. The van der Waals surface area contributed by atoms with Gasteiger partial charge in [0.1, 0.15) is 23.5 Å². The predicted octanol–water partition coefficient (Wildman–Crippen LogP) is 3.53. The summed E-state index contributed by atoms with van der Waals surface area (Å²) in [6.07, 6.45) is -0.711. The summed E-state index contributed by atoms with van der Waals surface area (Å²) in [7, 11) is 0. The SMILES string of the molecule is Cc1nc(-c2ccc(F)cc2)c(-c2ccc3ncc(C(N)O)n3c2)n1CC(F)F. The molecule has 0 aliphatic heterocycles. The highest BCUT2D eigenvalue weighted by Gasteiger charge is 2.21. The van der Waals surface area contributed by atoms with E-state index in [9.17, 15) is 18.3 Å². The van der Waals surface area contributed by atoms with Crippen LogP contribution < -0.4 is 5.73 Å². The Morgan fingerprint density at radius 2 is 1.79 bits per heavy atom. The normalized spacial score (nSPS) is 12.8. The molecule has 1 atom stereocenters. The van der Waals surface area contributed by atoms with Crippen molar-refractivity contribution in [1.82, 2.24) is 18.9 Å². The Morgan fingerprint density at radius 1 is 1.10 bits per heavy atom. The number of hydrogen-bond donors (Lipinski definition) is 2. The van der Waals surface area contributed by atoms with Crippen molar-refractivity contribution in [3.63, 3.8) is 0 Å². The molecule has 3 N–H and O–H groups in total. The molecule has 3 aromatic heterocycles. The van der Waals surface area contributed by atoms with Crippen molar-refractivity contribution in [3.8, 4) is 22.5 Å². The van der Waals surface area contributed by atoms with Gasteiger partial charge in [-0.3, -0.25) is 4.40 Å². The summed E-state index contributed by atoms with van der Waals surface area (Å²) in [5.74, 6) is 0.00452. The van der Waals surface area contributed by atoms with Gasteiger partial charge in [0.15, 0.2) is 0 Å². The van der Waals surface area contributed by atoms with E-state index in [-0.39, 0.29) is 0 Å². The first kappa shape index (κ1) is 19.2. The lowest BCUT2D eigenvalue weighted by atomic mass is 10.1. The number of alkyl halides is 2. The highest BCUT2D eigenvalue weighted by molar-refractivity contribution is 5.79. The van der Waals surface area contributed by atoms with Crippen LogP contribution in [0.1, 0.15) is 17.7 Å². The van der Waals surface area contributed by atoms with Gasteiger partial charge in [-0.05, 0) is 43.3 Å². The monoisotopic (exact) mass is 401 g/mol. The molecule has 6 nitrogen and oxygen atoms in total. The van der Waals surface area contributed by atoms with Crippen LogP contribution in [0.4, 0.5) is 13.2 Å². The molecule has 29 heavy (non-hydrogen) atoms. The lowest BCUT2D eigenvalue weighted by molar-refractivity contribution is 0.126. The van der Waals surface area contributed by atoms with Crippen LogP contribution >= 0.6 is 0 Å². The molecule has 0 fully saturated rings. The number of aliphatic hydroxyl groups excluding tert-OH is 1. The highest BCUT2D eigenvalue weighted by atomic mass is 19.3. The van der Waals surface area contributed by atoms with E-state index in [0.717, 1.165) is 0 Å². The molecule has 1 unspecified atom stereocenters. The Balaban J connectivity index is 1.96. The fourth-order valence-corrected chi connectivity index (χ4v) is 3.39. The molecule has 3 heterocycles. The Hall–Kier alpha value is -3.17. The predicted molar refractivity (Wildman–Crippen MR) is 102 cm³/mol. The summed E-state index contributed by atoms with van der Waals surface area (Å²) in [6.45, 7) is 1.10. The first-order chi connectivity index (χ1) is 13.8. The minimum absolute atomic E-state index is 0.363. The second-order valence-corrected chi connectivity index (χ2v) is 6.64. The maximum Gasteiger partial charge on any atom is 0.256 e. The van der Waals surface area contributed by atoms with Crippen LogP contribution in [0, 0.1) is 12.7 Å². The Kier molecular flexibility index (Phi) is 4.85. The Labute approximate surface area is 164 Å². The fourth-order valence-electron chi connectivity index (χ4n) is 3.39. The maximum atomic E-state index is 13.4. The summed E-state index contributed by atoms with van der Waals surface area (Å²) in [4.78, 5) is 8.65. The summed E-state index contributed by atoms with van der Waals surface area (Å²) < 4.78 is 42.9. The van der Waals surface area contributed by atoms with Crippen molar-refractivity contribution in [3.05, 3.63) is 66.1 Å². The number of fused-ring (bicyclic) bond motifs is 1. The number of pyridine rings is 1. The van der Waals surface area contributed by atoms with Gasteiger partial charge < -0.3 is 15.4 Å². The molecule has 0 aliphatic rings. The number of benzene rings is 1. The van der Waals surface area contributed by atoms with Crippen LogP contribution in [-0.2, 0) is 6.54 Å². The van der Waals surface area contributed by atoms with Crippen LogP contribution in [0.25, 0.3) is 28.2 Å². The van der Waals surface area contributed by atoms with E-state index in [2.05, 4.69) is 9.97 Å². The Bertz CT molecular complexity index is 1170. The van der Waals surface area contributed by atoms with E-state index in [1.165, 1.54) is 22.9 Å². The molecule has 0 bridgehead atoms. The molecule has 150 valence electrons. The molecule has 4 aromatic rings. The molecule has 0 amide bonds. The highest BCUT2D eigenvalue weighted by Crippen LogP contribution is 2.34. The zero-order valence-electron chi connectivity index (χ0n) is 15.4. The number of aryl methyl sites for hydroxylation is 1. The lowest BCUT2D eigenvalue weighted by Gasteiger charge is -2.13. The van der Waals surface area contributed by atoms with Crippen molar-refractivity contribution in [2.24, 2.45) is 5.73 Å². The van der Waals surface area contributed by atoms with Gasteiger partial charge in [-0.2, -0.15) is 0 Å². The van der Waals surface area contributed by atoms with E-state index in [0.29, 0.717) is 39.7 Å². The van der Waals surface area contributed by atoms with Gasteiger partial charge in [0.2, 0.25) is 0 Å². The molecular formula is C20H18F3N5O. The van der Waals surface area contributed by atoms with Crippen LogP contribution in [0.2, 0.25) is 0 Å². The minimum atomic E-state index is -2.58. The molecular weight excluding hydrogens is 383 g/mol. The molecule has 0 saturated heterocycles. The number of aromatic nitrogens is 4. The van der Waals surface area contributed by atoms with Crippen molar-refractivity contribution in [2.75, 3.05) is 0 Å². The number of aliphatic hydroxyl groups is 1. The zero-order valence-corrected chi connectivity index (χ0v) is 15.4. The third kappa shape index (κ3) is 3.50. The molecule has 9 heteroatoms.